The van der Waals surface area contributed by atoms with Gasteiger partial charge in [-0.2, -0.15) is 0 Å². The van der Waals surface area contributed by atoms with E-state index in [9.17, 15) is 9.59 Å². The summed E-state index contributed by atoms with van der Waals surface area (Å²) in [6, 6.07) is 0. The molecule has 0 fully saturated rings. The molecule has 0 radical (unpaired) electrons. The molecule has 0 amide bonds. The van der Waals surface area contributed by atoms with Crippen molar-refractivity contribution in [3.05, 3.63) is 72.9 Å². The summed E-state index contributed by atoms with van der Waals surface area (Å²) < 4.78 is 17.4. The Hall–Kier alpha value is -2.66. The standard InChI is InChI=1S/C61H108O5/c1-4-7-10-13-16-19-22-25-28-30-31-32-34-37-40-43-46-49-52-55-61(63)66-58-59(64-56-53-50-47-44-41-38-35-29-26-23-20-17-14-11-8-5-2)57-65-60(62)54-51-48-45-42-39-36-33-27-24-21-18-15-12-9-6-3/h7,10,16,19,25,28,31-32,37,40,46,49,59H,4-6,8-9,11-15,17-18,20-24,26-27,29-30,33-36,38-39,41-45,47-48,50-58H2,1-3H3/b10-7-,19-16-,28-25-,32-31-,40-37-,49-46-/t59-/m0/s1. The molecule has 0 rings (SSSR count). The zero-order valence-electron chi connectivity index (χ0n) is 44.0. The fourth-order valence-electron chi connectivity index (χ4n) is 8.04. The second-order valence-corrected chi connectivity index (χ2v) is 18.8. The van der Waals surface area contributed by atoms with Crippen molar-refractivity contribution in [3.63, 3.8) is 0 Å². The van der Waals surface area contributed by atoms with E-state index in [0.717, 1.165) is 64.2 Å². The molecule has 0 saturated carbocycles. The highest BCUT2D eigenvalue weighted by Gasteiger charge is 2.16. The molecule has 0 aromatic heterocycles. The fraction of sp³-hybridized carbons (Fsp3) is 0.770. The van der Waals surface area contributed by atoms with Gasteiger partial charge in [-0.1, -0.05) is 280 Å². The highest BCUT2D eigenvalue weighted by molar-refractivity contribution is 5.70. The number of unbranched alkanes of at least 4 members (excludes halogenated alkanes) is 29. The molecule has 0 aliphatic rings. The first-order valence-corrected chi connectivity index (χ1v) is 28.5. The first-order valence-electron chi connectivity index (χ1n) is 28.5. The van der Waals surface area contributed by atoms with E-state index >= 15 is 0 Å². The van der Waals surface area contributed by atoms with Gasteiger partial charge in [-0.05, 0) is 57.8 Å². The summed E-state index contributed by atoms with van der Waals surface area (Å²) in [5, 5.41) is 0. The second kappa shape index (κ2) is 56.7. The highest BCUT2D eigenvalue weighted by Crippen LogP contribution is 2.16. The number of allylic oxidation sites excluding steroid dienone is 12. The maximum Gasteiger partial charge on any atom is 0.306 e. The van der Waals surface area contributed by atoms with Gasteiger partial charge >= 0.3 is 11.9 Å². The van der Waals surface area contributed by atoms with Crippen molar-refractivity contribution in [2.45, 2.75) is 284 Å². The molecule has 0 aliphatic heterocycles. The molecule has 382 valence electrons. The van der Waals surface area contributed by atoms with E-state index in [-0.39, 0.29) is 25.2 Å². The quantitative estimate of drug-likeness (QED) is 0.0346. The Bertz CT molecular complexity index is 1180. The van der Waals surface area contributed by atoms with Gasteiger partial charge in [0, 0.05) is 19.4 Å². The first kappa shape index (κ1) is 63.3. The Morgan fingerprint density at radius 2 is 0.621 bits per heavy atom. The van der Waals surface area contributed by atoms with E-state index in [1.54, 1.807) is 0 Å². The predicted molar refractivity (Wildman–Crippen MR) is 288 cm³/mol. The molecule has 0 bridgehead atoms. The molecule has 0 aliphatic carbocycles. The van der Waals surface area contributed by atoms with Gasteiger partial charge < -0.3 is 14.2 Å². The molecule has 0 spiro atoms. The number of carbonyl (C=O) groups excluding carboxylic acids is 2. The summed E-state index contributed by atoms with van der Waals surface area (Å²) in [5.74, 6) is -0.417. The SMILES string of the molecule is CC/C=C\C/C=C\C/C=C\C/C=C\C/C=C\C/C=C\CCC(=O)OC[C@H](COC(=O)CCCCCCCCCCCCCCCCC)OCCCCCCCCCCCCCCCCCC. The van der Waals surface area contributed by atoms with Gasteiger partial charge in [-0.3, -0.25) is 9.59 Å². The minimum atomic E-state index is -0.429. The maximum absolute atomic E-state index is 12.6. The first-order chi connectivity index (χ1) is 32.6. The van der Waals surface area contributed by atoms with E-state index in [0.29, 0.717) is 25.9 Å². The second-order valence-electron chi connectivity index (χ2n) is 18.8. The van der Waals surface area contributed by atoms with Crippen LogP contribution in [0.25, 0.3) is 0 Å². The van der Waals surface area contributed by atoms with Gasteiger partial charge in [0.15, 0.2) is 0 Å². The number of rotatable bonds is 52. The van der Waals surface area contributed by atoms with Crippen molar-refractivity contribution < 1.29 is 23.8 Å². The van der Waals surface area contributed by atoms with Gasteiger partial charge in [-0.25, -0.2) is 0 Å². The molecule has 0 unspecified atom stereocenters. The van der Waals surface area contributed by atoms with Crippen LogP contribution < -0.4 is 0 Å². The van der Waals surface area contributed by atoms with Gasteiger partial charge in [0.25, 0.3) is 0 Å². The third-order valence-corrected chi connectivity index (χ3v) is 12.3. The third-order valence-electron chi connectivity index (χ3n) is 12.3. The average Bonchev–Trinajstić information content (AvgIpc) is 3.32. The topological polar surface area (TPSA) is 61.8 Å². The molecule has 1 atom stereocenters. The Labute approximate surface area is 410 Å². The minimum Gasteiger partial charge on any atom is -0.463 e. The van der Waals surface area contributed by atoms with Crippen LogP contribution in [0, 0.1) is 0 Å². The smallest absolute Gasteiger partial charge is 0.306 e. The normalized spacial score (nSPS) is 12.7. The summed E-state index contributed by atoms with van der Waals surface area (Å²) >= 11 is 0. The molecule has 0 saturated heterocycles. The van der Waals surface area contributed by atoms with Crippen LogP contribution in [0.5, 0.6) is 0 Å². The summed E-state index contributed by atoms with van der Waals surface area (Å²) in [6.45, 7) is 7.57. The van der Waals surface area contributed by atoms with E-state index in [4.69, 9.17) is 14.2 Å². The summed E-state index contributed by atoms with van der Waals surface area (Å²) in [4.78, 5) is 25.3. The lowest BCUT2D eigenvalue weighted by Crippen LogP contribution is -2.29. The molecule has 0 N–H and O–H groups in total. The van der Waals surface area contributed by atoms with Crippen molar-refractivity contribution in [2.24, 2.45) is 0 Å². The summed E-state index contributed by atoms with van der Waals surface area (Å²) in [5.41, 5.74) is 0. The molecular formula is C61H108O5. The minimum absolute atomic E-state index is 0.119. The van der Waals surface area contributed by atoms with Gasteiger partial charge in [0.1, 0.15) is 19.3 Å². The summed E-state index contributed by atoms with van der Waals surface area (Å²) in [7, 11) is 0. The molecule has 0 heterocycles. The van der Waals surface area contributed by atoms with Crippen molar-refractivity contribution >= 4 is 11.9 Å². The molecule has 5 nitrogen and oxygen atoms in total. The third kappa shape index (κ3) is 54.0. The fourth-order valence-corrected chi connectivity index (χ4v) is 8.04. The number of esters is 2. The Kier molecular flexibility index (Phi) is 54.4. The molecule has 66 heavy (non-hydrogen) atoms. The molecule has 0 aromatic carbocycles. The number of ether oxygens (including phenoxy) is 3. The average molecular weight is 922 g/mol. The van der Waals surface area contributed by atoms with Crippen LogP contribution in [0.3, 0.4) is 0 Å². The van der Waals surface area contributed by atoms with Crippen molar-refractivity contribution in [1.82, 2.24) is 0 Å². The number of hydrogen-bond acceptors (Lipinski definition) is 5. The van der Waals surface area contributed by atoms with E-state index in [1.807, 2.05) is 6.08 Å². The number of carbonyl (C=O) groups is 2. The highest BCUT2D eigenvalue weighted by atomic mass is 16.6. The van der Waals surface area contributed by atoms with Crippen molar-refractivity contribution in [3.8, 4) is 0 Å². The molecular weight excluding hydrogens is 813 g/mol. The van der Waals surface area contributed by atoms with Crippen molar-refractivity contribution in [2.75, 3.05) is 19.8 Å². The Morgan fingerprint density at radius 1 is 0.333 bits per heavy atom. The van der Waals surface area contributed by atoms with Gasteiger partial charge in [0.2, 0.25) is 0 Å². The predicted octanol–water partition coefficient (Wildman–Crippen LogP) is 19.5. The van der Waals surface area contributed by atoms with Gasteiger partial charge in [-0.15, -0.1) is 0 Å². The van der Waals surface area contributed by atoms with E-state index in [2.05, 4.69) is 87.6 Å². The lowest BCUT2D eigenvalue weighted by atomic mass is 10.0. The van der Waals surface area contributed by atoms with Crippen LogP contribution in [0.1, 0.15) is 278 Å². The Balaban J connectivity index is 4.35. The van der Waals surface area contributed by atoms with Crippen LogP contribution in [-0.2, 0) is 23.8 Å². The summed E-state index contributed by atoms with van der Waals surface area (Å²) in [6.07, 6.45) is 73.8. The van der Waals surface area contributed by atoms with Crippen LogP contribution in [0.4, 0.5) is 0 Å². The maximum atomic E-state index is 12.6. The molecule has 0 aromatic rings. The lowest BCUT2D eigenvalue weighted by Gasteiger charge is -2.18. The van der Waals surface area contributed by atoms with Crippen LogP contribution in [0.2, 0.25) is 0 Å². The van der Waals surface area contributed by atoms with E-state index in [1.165, 1.54) is 173 Å². The Morgan fingerprint density at radius 3 is 0.970 bits per heavy atom. The zero-order valence-corrected chi connectivity index (χ0v) is 44.0. The largest absolute Gasteiger partial charge is 0.463 e. The van der Waals surface area contributed by atoms with Gasteiger partial charge in [0.05, 0.1) is 0 Å². The van der Waals surface area contributed by atoms with E-state index < -0.39 is 6.10 Å². The number of hydrogen-bond donors (Lipinski definition) is 0. The van der Waals surface area contributed by atoms with Crippen LogP contribution in [-0.4, -0.2) is 37.9 Å². The van der Waals surface area contributed by atoms with Crippen LogP contribution >= 0.6 is 0 Å². The van der Waals surface area contributed by atoms with Crippen molar-refractivity contribution in [1.29, 1.82) is 0 Å². The zero-order chi connectivity index (χ0) is 47.7. The van der Waals surface area contributed by atoms with Crippen LogP contribution in [0.15, 0.2) is 72.9 Å². The monoisotopic (exact) mass is 921 g/mol. The molecule has 5 heteroatoms. The lowest BCUT2D eigenvalue weighted by molar-refractivity contribution is -0.155.